The van der Waals surface area contributed by atoms with Gasteiger partial charge in [-0.15, -0.1) is 16.9 Å². The first-order valence-corrected chi connectivity index (χ1v) is 9.24. The lowest BCUT2D eigenvalue weighted by atomic mass is 10.1. The first kappa shape index (κ1) is 17.8. The van der Waals surface area contributed by atoms with E-state index in [0.29, 0.717) is 15.6 Å². The fourth-order valence-electron chi connectivity index (χ4n) is 2.16. The van der Waals surface area contributed by atoms with Crippen LogP contribution in [0.2, 0.25) is 10.0 Å². The molecule has 0 saturated heterocycles. The van der Waals surface area contributed by atoms with Crippen LogP contribution >= 0.6 is 35.0 Å². The molecule has 3 aromatic rings. The van der Waals surface area contributed by atoms with Gasteiger partial charge in [0, 0.05) is 20.5 Å². The van der Waals surface area contributed by atoms with Crippen molar-refractivity contribution in [3.63, 3.8) is 0 Å². The summed E-state index contributed by atoms with van der Waals surface area (Å²) in [6.45, 7) is 0. The summed E-state index contributed by atoms with van der Waals surface area (Å²) < 4.78 is 5.45. The van der Waals surface area contributed by atoms with Crippen molar-refractivity contribution in [1.29, 1.82) is 0 Å². The maximum Gasteiger partial charge on any atom is 0.322 e. The van der Waals surface area contributed by atoms with Crippen LogP contribution in [0.4, 0.5) is 6.01 Å². The summed E-state index contributed by atoms with van der Waals surface area (Å²) in [5, 5.41) is 11.2. The zero-order chi connectivity index (χ0) is 17.8. The number of rotatable bonds is 5. The van der Waals surface area contributed by atoms with Gasteiger partial charge in [-0.05, 0) is 42.2 Å². The number of amides is 1. The van der Waals surface area contributed by atoms with Gasteiger partial charge < -0.3 is 4.42 Å². The molecule has 0 aliphatic rings. The molecule has 2 aromatic carbocycles. The third kappa shape index (κ3) is 4.75. The summed E-state index contributed by atoms with van der Waals surface area (Å²) >= 11 is 13.6. The quantitative estimate of drug-likeness (QED) is 0.621. The average molecular weight is 394 g/mol. The van der Waals surface area contributed by atoms with E-state index in [-0.39, 0.29) is 24.2 Å². The van der Waals surface area contributed by atoms with E-state index in [9.17, 15) is 4.79 Å². The van der Waals surface area contributed by atoms with Gasteiger partial charge in [0.2, 0.25) is 11.8 Å². The average Bonchev–Trinajstić information content (AvgIpc) is 3.03. The Morgan fingerprint density at radius 2 is 1.80 bits per heavy atom. The first-order chi connectivity index (χ1) is 12.0. The number of anilines is 1. The third-order valence-electron chi connectivity index (χ3n) is 3.30. The molecule has 5 nitrogen and oxygen atoms in total. The molecule has 1 N–H and O–H groups in total. The normalized spacial score (nSPS) is 10.7. The second-order valence-corrected chi connectivity index (χ2v) is 6.90. The number of halogens is 2. The molecule has 25 heavy (non-hydrogen) atoms. The fraction of sp³-hybridized carbons (Fsp3) is 0.118. The van der Waals surface area contributed by atoms with Gasteiger partial charge in [-0.3, -0.25) is 10.1 Å². The maximum atomic E-state index is 12.1. The van der Waals surface area contributed by atoms with Crippen LogP contribution in [0.3, 0.4) is 0 Å². The Morgan fingerprint density at radius 3 is 2.44 bits per heavy atom. The maximum absolute atomic E-state index is 12.1. The molecule has 0 radical (unpaired) electrons. The van der Waals surface area contributed by atoms with Crippen molar-refractivity contribution in [3.8, 4) is 11.5 Å². The second-order valence-electron chi connectivity index (χ2n) is 5.14. The SMILES string of the molecule is CSc1ccc(CC(=O)Nc2nnc(-c3cc(Cl)cc(Cl)c3)o2)cc1. The van der Waals surface area contributed by atoms with Crippen molar-refractivity contribution in [3.05, 3.63) is 58.1 Å². The minimum Gasteiger partial charge on any atom is -0.403 e. The largest absolute Gasteiger partial charge is 0.403 e. The molecule has 1 aromatic heterocycles. The molecule has 8 heteroatoms. The summed E-state index contributed by atoms with van der Waals surface area (Å²) in [7, 11) is 0. The van der Waals surface area contributed by atoms with Gasteiger partial charge in [0.1, 0.15) is 0 Å². The summed E-state index contributed by atoms with van der Waals surface area (Å²) in [5.41, 5.74) is 1.48. The van der Waals surface area contributed by atoms with Crippen LogP contribution in [0, 0.1) is 0 Å². The standard InChI is InChI=1S/C17H13Cl2N3O2S/c1-25-14-4-2-10(3-5-14)6-15(23)20-17-22-21-16(24-17)11-7-12(18)9-13(19)8-11/h2-5,7-9H,6H2,1H3,(H,20,22,23). The molecule has 0 unspecified atom stereocenters. The predicted molar refractivity (Wildman–Crippen MR) is 100 cm³/mol. The molecule has 0 aliphatic carbocycles. The number of nitrogens with zero attached hydrogens (tertiary/aromatic N) is 2. The van der Waals surface area contributed by atoms with Crippen LogP contribution in [0.15, 0.2) is 51.8 Å². The van der Waals surface area contributed by atoms with E-state index in [0.717, 1.165) is 10.5 Å². The molecular weight excluding hydrogens is 381 g/mol. The van der Waals surface area contributed by atoms with E-state index in [2.05, 4.69) is 15.5 Å². The van der Waals surface area contributed by atoms with Crippen molar-refractivity contribution >= 4 is 46.9 Å². The van der Waals surface area contributed by atoms with Gasteiger partial charge in [0.25, 0.3) is 0 Å². The van der Waals surface area contributed by atoms with Crippen LogP contribution in [0.1, 0.15) is 5.56 Å². The van der Waals surface area contributed by atoms with E-state index >= 15 is 0 Å². The fourth-order valence-corrected chi connectivity index (χ4v) is 3.09. The van der Waals surface area contributed by atoms with Gasteiger partial charge in [-0.25, -0.2) is 0 Å². The number of benzene rings is 2. The minimum absolute atomic E-state index is 0.0248. The lowest BCUT2D eigenvalue weighted by Crippen LogP contribution is -2.14. The van der Waals surface area contributed by atoms with Crippen molar-refractivity contribution in [1.82, 2.24) is 10.2 Å². The summed E-state index contributed by atoms with van der Waals surface area (Å²) in [6.07, 6.45) is 2.22. The lowest BCUT2D eigenvalue weighted by molar-refractivity contribution is -0.115. The third-order valence-corrected chi connectivity index (χ3v) is 4.48. The highest BCUT2D eigenvalue weighted by Gasteiger charge is 2.13. The lowest BCUT2D eigenvalue weighted by Gasteiger charge is -2.02. The number of nitrogens with one attached hydrogen (secondary N) is 1. The van der Waals surface area contributed by atoms with Crippen LogP contribution < -0.4 is 5.32 Å². The van der Waals surface area contributed by atoms with Crippen LogP contribution in [-0.2, 0) is 11.2 Å². The van der Waals surface area contributed by atoms with Crippen molar-refractivity contribution in [2.24, 2.45) is 0 Å². The Balaban J connectivity index is 1.67. The van der Waals surface area contributed by atoms with Crippen LogP contribution in [0.5, 0.6) is 0 Å². The monoisotopic (exact) mass is 393 g/mol. The number of carbonyl (C=O) groups is 1. The second kappa shape index (κ2) is 7.91. The zero-order valence-corrected chi connectivity index (χ0v) is 15.5. The van der Waals surface area contributed by atoms with Crippen molar-refractivity contribution < 1.29 is 9.21 Å². The Labute approximate surface area is 158 Å². The van der Waals surface area contributed by atoms with Crippen molar-refractivity contribution in [2.75, 3.05) is 11.6 Å². The predicted octanol–water partition coefficient (Wildman–Crippen LogP) is 4.95. The highest BCUT2D eigenvalue weighted by Crippen LogP contribution is 2.27. The molecule has 0 saturated carbocycles. The summed E-state index contributed by atoms with van der Waals surface area (Å²) in [4.78, 5) is 13.2. The topological polar surface area (TPSA) is 68.0 Å². The number of thioether (sulfide) groups is 1. The highest BCUT2D eigenvalue weighted by molar-refractivity contribution is 7.98. The molecule has 0 fully saturated rings. The molecule has 0 bridgehead atoms. The van der Waals surface area contributed by atoms with Gasteiger partial charge in [-0.1, -0.05) is 40.4 Å². The van der Waals surface area contributed by atoms with E-state index in [4.69, 9.17) is 27.6 Å². The zero-order valence-electron chi connectivity index (χ0n) is 13.1. The van der Waals surface area contributed by atoms with Gasteiger partial charge in [0.15, 0.2) is 0 Å². The molecule has 1 heterocycles. The van der Waals surface area contributed by atoms with Gasteiger partial charge in [-0.2, -0.15) is 0 Å². The van der Waals surface area contributed by atoms with Crippen LogP contribution in [-0.4, -0.2) is 22.4 Å². The number of carbonyl (C=O) groups excluding carboxylic acids is 1. The van der Waals surface area contributed by atoms with Crippen molar-refractivity contribution in [2.45, 2.75) is 11.3 Å². The van der Waals surface area contributed by atoms with Gasteiger partial charge in [0.05, 0.1) is 6.42 Å². The smallest absolute Gasteiger partial charge is 0.322 e. The first-order valence-electron chi connectivity index (χ1n) is 7.26. The molecule has 0 spiro atoms. The van der Waals surface area contributed by atoms with Crippen LogP contribution in [0.25, 0.3) is 11.5 Å². The Hall–Kier alpha value is -2.02. The number of hydrogen-bond acceptors (Lipinski definition) is 5. The van der Waals surface area contributed by atoms with Gasteiger partial charge >= 0.3 is 6.01 Å². The molecule has 0 aliphatic heterocycles. The van der Waals surface area contributed by atoms with E-state index in [1.54, 1.807) is 30.0 Å². The van der Waals surface area contributed by atoms with E-state index < -0.39 is 0 Å². The molecule has 128 valence electrons. The molecule has 1 amide bonds. The Kier molecular flexibility index (Phi) is 5.63. The molecular formula is C17H13Cl2N3O2S. The molecule has 3 rings (SSSR count). The Morgan fingerprint density at radius 1 is 1.12 bits per heavy atom. The van der Waals surface area contributed by atoms with E-state index in [1.807, 2.05) is 30.5 Å². The number of hydrogen-bond donors (Lipinski definition) is 1. The van der Waals surface area contributed by atoms with E-state index in [1.165, 1.54) is 0 Å². The highest BCUT2D eigenvalue weighted by atomic mass is 35.5. The Bertz CT molecular complexity index is 877. The summed E-state index contributed by atoms with van der Waals surface area (Å²) in [5.74, 6) is -0.0137. The molecule has 0 atom stereocenters. The summed E-state index contributed by atoms with van der Waals surface area (Å²) in [6, 6.07) is 12.7. The number of aromatic nitrogens is 2. The minimum atomic E-state index is -0.240.